The maximum atomic E-state index is 4.42. The van der Waals surface area contributed by atoms with Crippen LogP contribution >= 0.6 is 0 Å². The number of rotatable bonds is 1. The van der Waals surface area contributed by atoms with Gasteiger partial charge in [0.1, 0.15) is 12.7 Å². The van der Waals surface area contributed by atoms with E-state index in [2.05, 4.69) is 81.9 Å². The second-order valence-electron chi connectivity index (χ2n) is 6.68. The number of hydrogen-bond donors (Lipinski definition) is 0. The molecule has 24 heavy (non-hydrogen) atoms. The van der Waals surface area contributed by atoms with Crippen molar-refractivity contribution in [2.24, 2.45) is 0 Å². The largest absolute Gasteiger partial charge is 0.281 e. The quantitative estimate of drug-likeness (QED) is 0.531. The molecule has 5 rings (SSSR count). The van der Waals surface area contributed by atoms with Crippen molar-refractivity contribution in [1.82, 2.24) is 19.5 Å². The van der Waals surface area contributed by atoms with Crippen LogP contribution in [-0.4, -0.2) is 19.5 Å². The number of aromatic nitrogens is 4. The molecule has 2 aromatic carbocycles. The minimum Gasteiger partial charge on any atom is -0.281 e. The third-order valence-electron chi connectivity index (χ3n) is 5.02. The molecule has 1 aliphatic carbocycles. The van der Waals surface area contributed by atoms with E-state index >= 15 is 0 Å². The van der Waals surface area contributed by atoms with Gasteiger partial charge in [0.05, 0.1) is 5.52 Å². The number of benzene rings is 2. The summed E-state index contributed by atoms with van der Waals surface area (Å²) in [5.41, 5.74) is 6.22. The van der Waals surface area contributed by atoms with Gasteiger partial charge in [-0.2, -0.15) is 0 Å². The van der Waals surface area contributed by atoms with Crippen molar-refractivity contribution < 1.29 is 0 Å². The number of fused-ring (bicyclic) bond motifs is 5. The first-order chi connectivity index (χ1) is 11.7. The van der Waals surface area contributed by atoms with Crippen LogP contribution in [0.25, 0.3) is 28.0 Å². The molecule has 4 aromatic rings. The number of hydrogen-bond acceptors (Lipinski definition) is 3. The molecule has 116 valence electrons. The van der Waals surface area contributed by atoms with Gasteiger partial charge < -0.3 is 0 Å². The fourth-order valence-corrected chi connectivity index (χ4v) is 4.03. The van der Waals surface area contributed by atoms with E-state index in [9.17, 15) is 0 Å². The van der Waals surface area contributed by atoms with Gasteiger partial charge in [-0.25, -0.2) is 15.0 Å². The summed E-state index contributed by atoms with van der Waals surface area (Å²) >= 11 is 0. The number of para-hydroxylation sites is 1. The van der Waals surface area contributed by atoms with E-state index in [4.69, 9.17) is 0 Å². The molecule has 0 spiro atoms. The van der Waals surface area contributed by atoms with Crippen LogP contribution in [0.1, 0.15) is 25.1 Å². The zero-order chi connectivity index (χ0) is 16.3. The summed E-state index contributed by atoms with van der Waals surface area (Å²) < 4.78 is 2.19. The molecule has 0 bridgehead atoms. The van der Waals surface area contributed by atoms with Crippen molar-refractivity contribution in [2.75, 3.05) is 0 Å². The SMILES string of the molecule is CC1(C)c2ccccc2-c2c1n(-c1ncncn1)c1ccccc21. The lowest BCUT2D eigenvalue weighted by atomic mass is 9.85. The Labute approximate surface area is 139 Å². The van der Waals surface area contributed by atoms with Gasteiger partial charge in [-0.15, -0.1) is 0 Å². The maximum Gasteiger partial charge on any atom is 0.237 e. The molecule has 0 atom stereocenters. The minimum absolute atomic E-state index is 0.114. The van der Waals surface area contributed by atoms with E-state index in [0.29, 0.717) is 5.95 Å². The molecule has 0 radical (unpaired) electrons. The molecule has 0 aliphatic heterocycles. The maximum absolute atomic E-state index is 4.42. The van der Waals surface area contributed by atoms with Gasteiger partial charge in [0.25, 0.3) is 0 Å². The molecule has 0 unspecified atom stereocenters. The minimum atomic E-state index is -0.114. The smallest absolute Gasteiger partial charge is 0.237 e. The standard InChI is InChI=1S/C20H16N4/c1-20(2)15-9-5-3-7-13(15)17-14-8-4-6-10-16(14)24(18(17)20)19-22-11-21-12-23-19/h3-12H,1-2H3. The van der Waals surface area contributed by atoms with Crippen LogP contribution in [0.3, 0.4) is 0 Å². The van der Waals surface area contributed by atoms with E-state index in [1.54, 1.807) is 12.7 Å². The Bertz CT molecular complexity index is 1060. The van der Waals surface area contributed by atoms with Crippen LogP contribution in [0.2, 0.25) is 0 Å². The van der Waals surface area contributed by atoms with Gasteiger partial charge in [-0.1, -0.05) is 56.3 Å². The normalized spacial score (nSPS) is 14.6. The molecule has 4 heteroatoms. The molecule has 2 heterocycles. The van der Waals surface area contributed by atoms with Crippen molar-refractivity contribution in [1.29, 1.82) is 0 Å². The van der Waals surface area contributed by atoms with Gasteiger partial charge in [0.2, 0.25) is 5.95 Å². The lowest BCUT2D eigenvalue weighted by Gasteiger charge is -2.23. The number of nitrogens with zero attached hydrogens (tertiary/aromatic N) is 4. The zero-order valence-electron chi connectivity index (χ0n) is 13.6. The molecule has 0 saturated carbocycles. The van der Waals surface area contributed by atoms with Gasteiger partial charge in [0.15, 0.2) is 0 Å². The van der Waals surface area contributed by atoms with Gasteiger partial charge in [-0.3, -0.25) is 4.57 Å². The molecule has 0 fully saturated rings. The van der Waals surface area contributed by atoms with Crippen molar-refractivity contribution in [3.05, 3.63) is 72.4 Å². The van der Waals surface area contributed by atoms with Crippen molar-refractivity contribution >= 4 is 10.9 Å². The van der Waals surface area contributed by atoms with Gasteiger partial charge in [0, 0.05) is 22.1 Å². The topological polar surface area (TPSA) is 43.6 Å². The summed E-state index contributed by atoms with van der Waals surface area (Å²) in [6.45, 7) is 4.54. The molecular formula is C20H16N4. The molecule has 0 saturated heterocycles. The zero-order valence-corrected chi connectivity index (χ0v) is 13.6. The summed E-state index contributed by atoms with van der Waals surface area (Å²) in [6.07, 6.45) is 3.11. The molecule has 4 nitrogen and oxygen atoms in total. The van der Waals surface area contributed by atoms with Crippen LogP contribution in [0.15, 0.2) is 61.2 Å². The Balaban J connectivity index is 2.00. The summed E-state index contributed by atoms with van der Waals surface area (Å²) in [6, 6.07) is 17.1. The van der Waals surface area contributed by atoms with Crippen LogP contribution in [-0.2, 0) is 5.41 Å². The van der Waals surface area contributed by atoms with Crippen molar-refractivity contribution in [3.8, 4) is 17.1 Å². The average molecular weight is 312 g/mol. The van der Waals surface area contributed by atoms with Gasteiger partial charge >= 0.3 is 0 Å². The Morgan fingerprint density at radius 2 is 1.58 bits per heavy atom. The predicted octanol–water partition coefficient (Wildman–Crippen LogP) is 4.12. The Hall–Kier alpha value is -3.01. The summed E-state index contributed by atoms with van der Waals surface area (Å²) in [7, 11) is 0. The third kappa shape index (κ3) is 1.55. The van der Waals surface area contributed by atoms with E-state index in [1.807, 2.05) is 0 Å². The van der Waals surface area contributed by atoms with Crippen LogP contribution in [0.5, 0.6) is 0 Å². The highest BCUT2D eigenvalue weighted by Crippen LogP contribution is 2.53. The highest BCUT2D eigenvalue weighted by Gasteiger charge is 2.40. The first kappa shape index (κ1) is 13.4. The summed E-state index contributed by atoms with van der Waals surface area (Å²) in [4.78, 5) is 12.8. The fraction of sp³-hybridized carbons (Fsp3) is 0.150. The van der Waals surface area contributed by atoms with Crippen molar-refractivity contribution in [2.45, 2.75) is 19.3 Å². The first-order valence-corrected chi connectivity index (χ1v) is 8.06. The summed E-state index contributed by atoms with van der Waals surface area (Å²) in [5.74, 6) is 0.670. The Kier molecular flexibility index (Phi) is 2.52. The van der Waals surface area contributed by atoms with Crippen molar-refractivity contribution in [3.63, 3.8) is 0 Å². The van der Waals surface area contributed by atoms with Crippen LogP contribution in [0.4, 0.5) is 0 Å². The molecular weight excluding hydrogens is 296 g/mol. The Morgan fingerprint density at radius 3 is 2.42 bits per heavy atom. The first-order valence-electron chi connectivity index (χ1n) is 8.06. The lowest BCUT2D eigenvalue weighted by Crippen LogP contribution is -2.20. The second-order valence-corrected chi connectivity index (χ2v) is 6.68. The van der Waals surface area contributed by atoms with E-state index in [-0.39, 0.29) is 5.41 Å². The van der Waals surface area contributed by atoms with Crippen LogP contribution < -0.4 is 0 Å². The monoisotopic (exact) mass is 312 g/mol. The third-order valence-corrected chi connectivity index (χ3v) is 5.02. The molecule has 0 amide bonds. The summed E-state index contributed by atoms with van der Waals surface area (Å²) in [5, 5.41) is 1.24. The van der Waals surface area contributed by atoms with E-state index < -0.39 is 0 Å². The lowest BCUT2D eigenvalue weighted by molar-refractivity contribution is 0.617. The predicted molar refractivity (Wildman–Crippen MR) is 94.2 cm³/mol. The molecule has 0 N–H and O–H groups in total. The molecule has 1 aliphatic rings. The van der Waals surface area contributed by atoms with E-state index in [0.717, 1.165) is 5.52 Å². The van der Waals surface area contributed by atoms with Crippen LogP contribution in [0, 0.1) is 0 Å². The van der Waals surface area contributed by atoms with E-state index in [1.165, 1.54) is 27.8 Å². The fourth-order valence-electron chi connectivity index (χ4n) is 4.03. The van der Waals surface area contributed by atoms with Gasteiger partial charge in [-0.05, 0) is 17.2 Å². The second kappa shape index (κ2) is 4.51. The average Bonchev–Trinajstić information content (AvgIpc) is 3.08. The highest BCUT2D eigenvalue weighted by atomic mass is 15.2. The molecule has 2 aromatic heterocycles. The highest BCUT2D eigenvalue weighted by molar-refractivity contribution is 6.03. The Morgan fingerprint density at radius 1 is 0.875 bits per heavy atom.